The summed E-state index contributed by atoms with van der Waals surface area (Å²) in [6.07, 6.45) is 24.2. The number of nitrogens with zero attached hydrogens (tertiary/aromatic N) is 2. The van der Waals surface area contributed by atoms with Crippen LogP contribution in [0.1, 0.15) is 90.9 Å². The summed E-state index contributed by atoms with van der Waals surface area (Å²) in [5.74, 6) is -2.14. The van der Waals surface area contributed by atoms with Crippen LogP contribution in [-0.2, 0) is 19.1 Å². The number of likely N-dealkylation sites (tertiary alicyclic amines) is 1. The number of hydrogen-bond acceptors (Lipinski definition) is 8. The first kappa shape index (κ1) is 42.0. The second-order valence-electron chi connectivity index (χ2n) is 12.2. The first-order chi connectivity index (χ1) is 22.6. The molecule has 3 atom stereocenters. The van der Waals surface area contributed by atoms with Crippen molar-refractivity contribution in [3.8, 4) is 0 Å². The smallest absolute Gasteiger partial charge is 0.299 e. The zero-order chi connectivity index (χ0) is 34.8. The molecule has 2 rings (SSSR count). The van der Waals surface area contributed by atoms with E-state index in [9.17, 15) is 28.8 Å². The number of rotatable bonds is 22. The molecule has 0 radical (unpaired) electrons. The number of halogens is 2. The summed E-state index contributed by atoms with van der Waals surface area (Å²) in [6, 6.07) is 0. The molecule has 1 N–H and O–H groups in total. The fraction of sp³-hybridized carbons (Fsp3) is 0.694. The quantitative estimate of drug-likeness (QED) is 0.0235. The predicted molar refractivity (Wildman–Crippen MR) is 181 cm³/mol. The summed E-state index contributed by atoms with van der Waals surface area (Å²) in [5.41, 5.74) is 0. The highest BCUT2D eigenvalue weighted by atomic mass is 19.3. The van der Waals surface area contributed by atoms with Gasteiger partial charge in [0.05, 0.1) is 19.3 Å². The van der Waals surface area contributed by atoms with Crippen molar-refractivity contribution in [1.82, 2.24) is 4.90 Å². The molecule has 0 aromatic rings. The molecular weight excluding hydrogens is 610 g/mol. The van der Waals surface area contributed by atoms with Crippen LogP contribution in [0.4, 0.5) is 8.78 Å². The Morgan fingerprint density at radius 1 is 1.13 bits per heavy atom. The van der Waals surface area contributed by atoms with Crippen LogP contribution in [0.5, 0.6) is 0 Å². The van der Waals surface area contributed by atoms with Crippen LogP contribution in [0, 0.1) is 27.9 Å². The molecular formula is C36H58F2N2O7. The maximum atomic E-state index is 14.3. The van der Waals surface area contributed by atoms with Crippen molar-refractivity contribution in [3.63, 3.8) is 0 Å². The summed E-state index contributed by atoms with van der Waals surface area (Å²) >= 11 is 0. The molecule has 268 valence electrons. The van der Waals surface area contributed by atoms with Crippen LogP contribution >= 0.6 is 0 Å². The van der Waals surface area contributed by atoms with Gasteiger partial charge in [0, 0.05) is 12.5 Å². The molecule has 0 spiro atoms. The highest BCUT2D eigenvalue weighted by Crippen LogP contribution is 2.35. The van der Waals surface area contributed by atoms with Crippen molar-refractivity contribution in [3.05, 3.63) is 71.1 Å². The van der Waals surface area contributed by atoms with E-state index in [0.717, 1.165) is 96.3 Å². The van der Waals surface area contributed by atoms with Gasteiger partial charge in [0.1, 0.15) is 5.76 Å². The SMILES string of the molecule is C=C/C=C(\C=C/C)OCC(F)(F)/C=C/C1C(O)CCCC1C/C=C\CCCC.O=COCCCN1CCC(CCCO[N+](=O)[O-])CC1. The molecule has 0 amide bonds. The third-order valence-corrected chi connectivity index (χ3v) is 8.47. The molecule has 1 saturated heterocycles. The maximum absolute atomic E-state index is 14.3. The Labute approximate surface area is 280 Å². The van der Waals surface area contributed by atoms with Gasteiger partial charge in [-0.2, -0.15) is 8.78 Å². The molecule has 2 fully saturated rings. The number of carbonyl (C=O) groups is 1. The molecule has 0 aromatic carbocycles. The van der Waals surface area contributed by atoms with Crippen molar-refractivity contribution in [1.29, 1.82) is 0 Å². The number of unbranched alkanes of at least 4 members (excludes halogenated alkanes) is 2. The minimum atomic E-state index is -3.10. The lowest BCUT2D eigenvalue weighted by atomic mass is 9.75. The van der Waals surface area contributed by atoms with Gasteiger partial charge in [-0.05, 0) is 108 Å². The van der Waals surface area contributed by atoms with Crippen LogP contribution in [0.15, 0.2) is 60.9 Å². The van der Waals surface area contributed by atoms with E-state index in [4.69, 9.17) is 4.74 Å². The summed E-state index contributed by atoms with van der Waals surface area (Å²) in [7, 11) is 0. The van der Waals surface area contributed by atoms with Gasteiger partial charge in [0.2, 0.25) is 0 Å². The third kappa shape index (κ3) is 20.7. The zero-order valence-electron chi connectivity index (χ0n) is 28.5. The lowest BCUT2D eigenvalue weighted by Gasteiger charge is -2.33. The number of hydrogen-bond donors (Lipinski definition) is 1. The summed E-state index contributed by atoms with van der Waals surface area (Å²) in [6.45, 7) is 11.0. The van der Waals surface area contributed by atoms with Gasteiger partial charge in [-0.25, -0.2) is 0 Å². The summed E-state index contributed by atoms with van der Waals surface area (Å²) < 4.78 is 38.4. The van der Waals surface area contributed by atoms with Crippen molar-refractivity contribution in [2.45, 2.75) is 103 Å². The van der Waals surface area contributed by atoms with E-state index in [0.29, 0.717) is 31.2 Å². The standard InChI is InChI=1S/C24H36F2O2.C12H22N2O5/c1-4-7-8-9-10-14-20-15-11-16-23(27)22(20)17-18-24(25,26)19-28-21(12-5-2)13-6-3;15-11-18-9-2-6-13-7-4-12(5-8-13)3-1-10-19-14(16)17/h5-6,9-10,12-13,17-18,20,22-23,27H,2,4,7-8,11,14-16,19H2,1,3H3;11-12H,1-10H2/b10-9-,13-6-,18-17+,21-12+;. The van der Waals surface area contributed by atoms with E-state index in [1.165, 1.54) is 12.2 Å². The normalized spacial score (nSPS) is 21.5. The number of aliphatic hydroxyl groups is 1. The summed E-state index contributed by atoms with van der Waals surface area (Å²) in [5, 5.41) is 19.6. The van der Waals surface area contributed by atoms with Crippen LogP contribution in [-0.4, -0.2) is 73.0 Å². The fourth-order valence-corrected chi connectivity index (χ4v) is 5.90. The van der Waals surface area contributed by atoms with E-state index in [1.807, 2.05) is 0 Å². The molecule has 11 heteroatoms. The highest BCUT2D eigenvalue weighted by Gasteiger charge is 2.32. The van der Waals surface area contributed by atoms with Crippen LogP contribution in [0.3, 0.4) is 0 Å². The highest BCUT2D eigenvalue weighted by molar-refractivity contribution is 5.36. The lowest BCUT2D eigenvalue weighted by molar-refractivity contribution is -0.757. The van der Waals surface area contributed by atoms with E-state index in [2.05, 4.69) is 40.1 Å². The summed E-state index contributed by atoms with van der Waals surface area (Å²) in [4.78, 5) is 26.6. The average Bonchev–Trinajstić information content (AvgIpc) is 3.04. The van der Waals surface area contributed by atoms with Gasteiger partial charge in [0.25, 0.3) is 17.5 Å². The Bertz CT molecular complexity index is 978. The van der Waals surface area contributed by atoms with Gasteiger partial charge >= 0.3 is 0 Å². The molecule has 3 unspecified atom stereocenters. The number of allylic oxidation sites excluding steroid dienone is 6. The lowest BCUT2D eigenvalue weighted by Crippen LogP contribution is -2.34. The molecule has 9 nitrogen and oxygen atoms in total. The van der Waals surface area contributed by atoms with E-state index in [1.54, 1.807) is 25.2 Å². The molecule has 1 heterocycles. The van der Waals surface area contributed by atoms with E-state index in [-0.39, 0.29) is 18.4 Å². The minimum absolute atomic E-state index is 0.203. The Kier molecular flexibility index (Phi) is 23.2. The largest absolute Gasteiger partial charge is 0.487 e. The fourth-order valence-electron chi connectivity index (χ4n) is 5.90. The second-order valence-corrected chi connectivity index (χ2v) is 12.2. The Morgan fingerprint density at radius 2 is 1.89 bits per heavy atom. The van der Waals surface area contributed by atoms with Gasteiger partial charge in [-0.15, -0.1) is 10.1 Å². The predicted octanol–water partition coefficient (Wildman–Crippen LogP) is 8.00. The van der Waals surface area contributed by atoms with Crippen molar-refractivity contribution in [2.75, 3.05) is 39.5 Å². The molecule has 2 aliphatic rings. The number of alkyl halides is 2. The maximum Gasteiger partial charge on any atom is 0.299 e. The topological polar surface area (TPSA) is 111 Å². The van der Waals surface area contributed by atoms with Gasteiger partial charge in [-0.1, -0.05) is 63.1 Å². The number of carbonyl (C=O) groups excluding carboxylic acids is 1. The Morgan fingerprint density at radius 3 is 2.55 bits per heavy atom. The van der Waals surface area contributed by atoms with Gasteiger partial charge in [0.15, 0.2) is 6.61 Å². The first-order valence-corrected chi connectivity index (χ1v) is 17.2. The first-order valence-electron chi connectivity index (χ1n) is 17.2. The zero-order valence-corrected chi connectivity index (χ0v) is 28.5. The Balaban J connectivity index is 0.000000506. The monoisotopic (exact) mass is 668 g/mol. The van der Waals surface area contributed by atoms with Gasteiger partial charge in [-0.3, -0.25) is 4.79 Å². The Hall–Kier alpha value is -3.05. The van der Waals surface area contributed by atoms with Crippen LogP contribution in [0.25, 0.3) is 0 Å². The van der Waals surface area contributed by atoms with Gasteiger partial charge < -0.3 is 24.3 Å². The van der Waals surface area contributed by atoms with Crippen molar-refractivity contribution in [2.24, 2.45) is 17.8 Å². The molecule has 0 aromatic heterocycles. The van der Waals surface area contributed by atoms with Crippen LogP contribution < -0.4 is 0 Å². The number of ether oxygens (including phenoxy) is 2. The molecule has 1 aliphatic carbocycles. The van der Waals surface area contributed by atoms with E-state index < -0.39 is 23.7 Å². The van der Waals surface area contributed by atoms with E-state index >= 15 is 0 Å². The third-order valence-electron chi connectivity index (χ3n) is 8.47. The number of aliphatic hydroxyl groups excluding tert-OH is 1. The van der Waals surface area contributed by atoms with Crippen molar-refractivity contribution >= 4 is 6.47 Å². The van der Waals surface area contributed by atoms with Crippen LogP contribution in [0.2, 0.25) is 0 Å². The minimum Gasteiger partial charge on any atom is -0.487 e. The molecule has 0 bridgehead atoms. The van der Waals surface area contributed by atoms with Crippen molar-refractivity contribution < 1.29 is 38.1 Å². The molecule has 1 saturated carbocycles. The number of piperidine rings is 1. The second kappa shape index (κ2) is 26.0. The average molecular weight is 669 g/mol. The molecule has 47 heavy (non-hydrogen) atoms. The molecule has 1 aliphatic heterocycles.